The Kier molecular flexibility index (Phi) is 5.19. The third-order valence-corrected chi connectivity index (χ3v) is 5.62. The zero-order chi connectivity index (χ0) is 17.8. The minimum absolute atomic E-state index is 0.129. The van der Waals surface area contributed by atoms with Crippen LogP contribution in [0.2, 0.25) is 0 Å². The molecule has 0 N–H and O–H groups in total. The molecule has 2 saturated heterocycles. The number of anilines is 1. The van der Waals surface area contributed by atoms with Gasteiger partial charge in [-0.05, 0) is 49.4 Å². The number of carbonyl (C=O) groups excluding carboxylic acids is 1. The zero-order valence-corrected chi connectivity index (χ0v) is 15.3. The minimum atomic E-state index is 0.129. The van der Waals surface area contributed by atoms with Gasteiger partial charge in [0.2, 0.25) is 0 Å². The van der Waals surface area contributed by atoms with Gasteiger partial charge in [-0.15, -0.1) is 0 Å². The van der Waals surface area contributed by atoms with E-state index in [2.05, 4.69) is 17.0 Å². The summed E-state index contributed by atoms with van der Waals surface area (Å²) in [7, 11) is 0. The number of rotatable bonds is 3. The quantitative estimate of drug-likeness (QED) is 0.822. The molecule has 1 aromatic heterocycles. The highest BCUT2D eigenvalue weighted by molar-refractivity contribution is 5.94. The van der Waals surface area contributed by atoms with Crippen molar-refractivity contribution in [1.29, 1.82) is 0 Å². The molecule has 2 aromatic rings. The average molecular weight is 349 g/mol. The molecule has 3 heterocycles. The molecule has 1 atom stereocenters. The van der Waals surface area contributed by atoms with Crippen LogP contribution in [0, 0.1) is 0 Å². The molecule has 2 aliphatic rings. The summed E-state index contributed by atoms with van der Waals surface area (Å²) < 4.78 is 0. The second-order valence-electron chi connectivity index (χ2n) is 7.37. The van der Waals surface area contributed by atoms with Crippen molar-refractivity contribution in [3.8, 4) is 0 Å². The zero-order valence-electron chi connectivity index (χ0n) is 15.3. The van der Waals surface area contributed by atoms with Crippen LogP contribution in [0.5, 0.6) is 0 Å². The largest absolute Gasteiger partial charge is 0.357 e. The predicted octanol–water partition coefficient (Wildman–Crippen LogP) is 4.44. The number of benzene rings is 1. The number of likely N-dealkylation sites (tertiary alicyclic amines) is 1. The Morgan fingerprint density at radius 3 is 2.35 bits per heavy atom. The Balaban J connectivity index is 1.50. The third-order valence-electron chi connectivity index (χ3n) is 5.62. The van der Waals surface area contributed by atoms with Crippen molar-refractivity contribution >= 4 is 11.7 Å². The average Bonchev–Trinajstić information content (AvgIpc) is 3.03. The van der Waals surface area contributed by atoms with E-state index in [4.69, 9.17) is 4.98 Å². The van der Waals surface area contributed by atoms with Crippen LogP contribution < -0.4 is 4.90 Å². The van der Waals surface area contributed by atoms with Crippen molar-refractivity contribution in [2.45, 2.75) is 44.6 Å². The number of aromatic nitrogens is 1. The van der Waals surface area contributed by atoms with Gasteiger partial charge in [0.15, 0.2) is 0 Å². The fraction of sp³-hybridized carbons (Fsp3) is 0.455. The summed E-state index contributed by atoms with van der Waals surface area (Å²) in [6.45, 7) is 3.04. The van der Waals surface area contributed by atoms with Crippen molar-refractivity contribution in [2.24, 2.45) is 0 Å². The van der Waals surface area contributed by atoms with Gasteiger partial charge in [0, 0.05) is 31.4 Å². The standard InChI is InChI=1S/C22H27N3O/c26-22(18-9-4-3-5-10-18)25-16-8-11-20(25)19-12-13-21(23-17-19)24-14-6-1-2-7-15-24/h3-5,9-10,12-13,17,20H,1-2,6-8,11,14-16H2/t20-/m1/s1. The predicted molar refractivity (Wildman–Crippen MR) is 104 cm³/mol. The first-order valence-electron chi connectivity index (χ1n) is 9.90. The molecular formula is C22H27N3O. The molecule has 0 radical (unpaired) electrons. The normalized spacial score (nSPS) is 20.8. The van der Waals surface area contributed by atoms with Crippen molar-refractivity contribution in [1.82, 2.24) is 9.88 Å². The summed E-state index contributed by atoms with van der Waals surface area (Å²) in [6.07, 6.45) is 9.22. The molecule has 0 saturated carbocycles. The lowest BCUT2D eigenvalue weighted by molar-refractivity contribution is 0.0735. The Bertz CT molecular complexity index is 721. The molecule has 4 rings (SSSR count). The highest BCUT2D eigenvalue weighted by Crippen LogP contribution is 2.33. The third kappa shape index (κ3) is 3.59. The smallest absolute Gasteiger partial charge is 0.254 e. The van der Waals surface area contributed by atoms with Gasteiger partial charge in [-0.2, -0.15) is 0 Å². The van der Waals surface area contributed by atoms with Crippen LogP contribution in [0.4, 0.5) is 5.82 Å². The van der Waals surface area contributed by atoms with E-state index in [0.29, 0.717) is 0 Å². The summed E-state index contributed by atoms with van der Waals surface area (Å²) >= 11 is 0. The Morgan fingerprint density at radius 1 is 0.885 bits per heavy atom. The molecule has 2 aliphatic heterocycles. The molecule has 1 aromatic carbocycles. The van der Waals surface area contributed by atoms with Crippen LogP contribution in [0.15, 0.2) is 48.7 Å². The Labute approximate surface area is 155 Å². The molecule has 0 bridgehead atoms. The van der Waals surface area contributed by atoms with E-state index < -0.39 is 0 Å². The lowest BCUT2D eigenvalue weighted by Gasteiger charge is -2.26. The second-order valence-corrected chi connectivity index (χ2v) is 7.37. The summed E-state index contributed by atoms with van der Waals surface area (Å²) in [6, 6.07) is 14.1. The molecule has 1 amide bonds. The molecule has 2 fully saturated rings. The van der Waals surface area contributed by atoms with Crippen LogP contribution in [0.1, 0.15) is 60.5 Å². The van der Waals surface area contributed by atoms with E-state index >= 15 is 0 Å². The topological polar surface area (TPSA) is 36.4 Å². The molecule has 4 nitrogen and oxygen atoms in total. The molecule has 0 aliphatic carbocycles. The van der Waals surface area contributed by atoms with Gasteiger partial charge in [-0.25, -0.2) is 4.98 Å². The van der Waals surface area contributed by atoms with E-state index in [-0.39, 0.29) is 11.9 Å². The van der Waals surface area contributed by atoms with Crippen LogP contribution in [0.25, 0.3) is 0 Å². The first-order chi connectivity index (χ1) is 12.8. The van der Waals surface area contributed by atoms with E-state index in [0.717, 1.165) is 49.4 Å². The van der Waals surface area contributed by atoms with Crippen LogP contribution >= 0.6 is 0 Å². The fourth-order valence-corrected chi connectivity index (χ4v) is 4.18. The van der Waals surface area contributed by atoms with E-state index in [9.17, 15) is 4.79 Å². The van der Waals surface area contributed by atoms with E-state index in [1.807, 2.05) is 41.4 Å². The van der Waals surface area contributed by atoms with Crippen LogP contribution in [-0.4, -0.2) is 35.4 Å². The minimum Gasteiger partial charge on any atom is -0.357 e. The maximum absolute atomic E-state index is 12.9. The lowest BCUT2D eigenvalue weighted by atomic mass is 10.1. The summed E-state index contributed by atoms with van der Waals surface area (Å²) in [5, 5.41) is 0. The molecule has 136 valence electrons. The van der Waals surface area contributed by atoms with Gasteiger partial charge in [-0.3, -0.25) is 4.79 Å². The molecule has 0 spiro atoms. The van der Waals surface area contributed by atoms with Gasteiger partial charge in [0.1, 0.15) is 5.82 Å². The maximum Gasteiger partial charge on any atom is 0.254 e. The number of carbonyl (C=O) groups is 1. The maximum atomic E-state index is 12.9. The Morgan fingerprint density at radius 2 is 1.65 bits per heavy atom. The SMILES string of the molecule is O=C(c1ccccc1)N1CCC[C@@H]1c1ccc(N2CCCCCC2)nc1. The second kappa shape index (κ2) is 7.90. The molecule has 0 unspecified atom stereocenters. The first kappa shape index (κ1) is 17.1. The first-order valence-corrected chi connectivity index (χ1v) is 9.90. The van der Waals surface area contributed by atoms with Gasteiger partial charge < -0.3 is 9.80 Å². The number of hydrogen-bond donors (Lipinski definition) is 0. The van der Waals surface area contributed by atoms with Crippen LogP contribution in [-0.2, 0) is 0 Å². The van der Waals surface area contributed by atoms with Gasteiger partial charge in [0.05, 0.1) is 6.04 Å². The molecule has 26 heavy (non-hydrogen) atoms. The number of amides is 1. The van der Waals surface area contributed by atoms with Gasteiger partial charge >= 0.3 is 0 Å². The van der Waals surface area contributed by atoms with E-state index in [1.54, 1.807) is 0 Å². The number of pyridine rings is 1. The van der Waals surface area contributed by atoms with Crippen LogP contribution in [0.3, 0.4) is 0 Å². The highest BCUT2D eigenvalue weighted by Gasteiger charge is 2.30. The summed E-state index contributed by atoms with van der Waals surface area (Å²) in [5.41, 5.74) is 1.93. The number of nitrogens with zero attached hydrogens (tertiary/aromatic N) is 3. The van der Waals surface area contributed by atoms with E-state index in [1.165, 1.54) is 25.7 Å². The van der Waals surface area contributed by atoms with Gasteiger partial charge in [0.25, 0.3) is 5.91 Å². The molecular weight excluding hydrogens is 322 g/mol. The number of hydrogen-bond acceptors (Lipinski definition) is 3. The van der Waals surface area contributed by atoms with Crippen molar-refractivity contribution in [2.75, 3.05) is 24.5 Å². The molecule has 4 heteroatoms. The monoisotopic (exact) mass is 349 g/mol. The van der Waals surface area contributed by atoms with Gasteiger partial charge in [-0.1, -0.05) is 37.1 Å². The van der Waals surface area contributed by atoms with Crippen molar-refractivity contribution in [3.63, 3.8) is 0 Å². The van der Waals surface area contributed by atoms with Crippen molar-refractivity contribution in [3.05, 3.63) is 59.8 Å². The fourth-order valence-electron chi connectivity index (χ4n) is 4.18. The lowest BCUT2D eigenvalue weighted by Crippen LogP contribution is -2.30. The summed E-state index contributed by atoms with van der Waals surface area (Å²) in [5.74, 6) is 1.21. The highest BCUT2D eigenvalue weighted by atomic mass is 16.2. The van der Waals surface area contributed by atoms with Crippen molar-refractivity contribution < 1.29 is 4.79 Å². The summed E-state index contributed by atoms with van der Waals surface area (Å²) in [4.78, 5) is 22.0. The Hall–Kier alpha value is -2.36.